The molecule has 2 rings (SSSR count). The van der Waals surface area contributed by atoms with Crippen LogP contribution in [-0.4, -0.2) is 5.78 Å². The van der Waals surface area contributed by atoms with Gasteiger partial charge in [-0.25, -0.2) is 0 Å². The van der Waals surface area contributed by atoms with Gasteiger partial charge in [0.1, 0.15) is 0 Å². The van der Waals surface area contributed by atoms with Crippen LogP contribution in [0.5, 0.6) is 0 Å². The van der Waals surface area contributed by atoms with E-state index in [1.165, 1.54) is 11.3 Å². The van der Waals surface area contributed by atoms with Crippen LogP contribution in [0.2, 0.25) is 5.02 Å². The van der Waals surface area contributed by atoms with Crippen molar-refractivity contribution >= 4 is 44.7 Å². The van der Waals surface area contributed by atoms with Crippen LogP contribution in [-0.2, 0) is 0 Å². The van der Waals surface area contributed by atoms with Crippen molar-refractivity contribution in [3.05, 3.63) is 44.7 Å². The van der Waals surface area contributed by atoms with Crippen LogP contribution in [0.1, 0.15) is 29.4 Å². The summed E-state index contributed by atoms with van der Waals surface area (Å²) in [5.74, 6) is 0.224. The van der Waals surface area contributed by atoms with E-state index in [2.05, 4.69) is 15.9 Å². The second kappa shape index (κ2) is 6.00. The molecule has 1 nitrogen and oxygen atoms in total. The van der Waals surface area contributed by atoms with Gasteiger partial charge >= 0.3 is 0 Å². The molecule has 4 heteroatoms. The molecule has 2 aromatic rings. The van der Waals surface area contributed by atoms with Crippen molar-refractivity contribution in [1.82, 2.24) is 0 Å². The van der Waals surface area contributed by atoms with Gasteiger partial charge in [-0.1, -0.05) is 24.6 Å². The van der Waals surface area contributed by atoms with E-state index >= 15 is 0 Å². The van der Waals surface area contributed by atoms with Gasteiger partial charge in [0.2, 0.25) is 0 Å². The molecule has 0 aliphatic rings. The maximum atomic E-state index is 11.8. The van der Waals surface area contributed by atoms with E-state index in [-0.39, 0.29) is 5.78 Å². The molecule has 0 bridgehead atoms. The molecule has 1 aromatic heterocycles. The van der Waals surface area contributed by atoms with E-state index in [1.54, 1.807) is 0 Å². The summed E-state index contributed by atoms with van der Waals surface area (Å²) in [4.78, 5) is 13.7. The first kappa shape index (κ1) is 13.8. The zero-order valence-electron chi connectivity index (χ0n) is 9.87. The highest BCUT2D eigenvalue weighted by atomic mass is 79.9. The first-order valence-electron chi connectivity index (χ1n) is 5.70. The predicted octanol–water partition coefficient (Wildman–Crippen LogP) is 5.81. The molecular weight excluding hydrogens is 332 g/mol. The van der Waals surface area contributed by atoms with E-state index in [0.29, 0.717) is 11.4 Å². The molecule has 0 saturated carbocycles. The molecule has 0 atom stereocenters. The number of carbonyl (C=O) groups is 1. The average Bonchev–Trinajstić information content (AvgIpc) is 2.82. The normalized spacial score (nSPS) is 10.6. The Morgan fingerprint density at radius 3 is 2.78 bits per heavy atom. The number of carbonyl (C=O) groups excluding carboxylic acids is 1. The fourth-order valence-electron chi connectivity index (χ4n) is 1.64. The molecule has 18 heavy (non-hydrogen) atoms. The van der Waals surface area contributed by atoms with Crippen molar-refractivity contribution in [3.63, 3.8) is 0 Å². The zero-order chi connectivity index (χ0) is 13.1. The lowest BCUT2D eigenvalue weighted by Gasteiger charge is -2.00. The molecular formula is C14H12BrClOS. The van der Waals surface area contributed by atoms with Gasteiger partial charge in [0.25, 0.3) is 0 Å². The first-order chi connectivity index (χ1) is 8.61. The van der Waals surface area contributed by atoms with E-state index in [0.717, 1.165) is 26.2 Å². The fraction of sp³-hybridized carbons (Fsp3) is 0.214. The summed E-state index contributed by atoms with van der Waals surface area (Å²) in [6.45, 7) is 2.02. The third kappa shape index (κ3) is 3.02. The molecule has 0 fully saturated rings. The summed E-state index contributed by atoms with van der Waals surface area (Å²) in [5, 5.41) is 0.692. The molecule has 0 aliphatic carbocycles. The van der Waals surface area contributed by atoms with Crippen LogP contribution in [0.15, 0.2) is 34.8 Å². The minimum atomic E-state index is 0.224. The molecule has 0 unspecified atom stereocenters. The maximum Gasteiger partial charge on any atom is 0.172 e. The largest absolute Gasteiger partial charge is 0.293 e. The van der Waals surface area contributed by atoms with E-state index in [4.69, 9.17) is 11.6 Å². The quantitative estimate of drug-likeness (QED) is 0.640. The molecule has 0 radical (unpaired) electrons. The van der Waals surface area contributed by atoms with Gasteiger partial charge in [-0.2, -0.15) is 0 Å². The number of halogens is 2. The summed E-state index contributed by atoms with van der Waals surface area (Å²) in [6.07, 6.45) is 1.50. The molecule has 0 aliphatic heterocycles. The molecule has 1 heterocycles. The van der Waals surface area contributed by atoms with Crippen LogP contribution in [0, 0.1) is 0 Å². The van der Waals surface area contributed by atoms with Crippen molar-refractivity contribution in [2.45, 2.75) is 19.8 Å². The molecule has 1 aromatic carbocycles. The van der Waals surface area contributed by atoms with Crippen LogP contribution < -0.4 is 0 Å². The lowest BCUT2D eigenvalue weighted by atomic mass is 10.2. The fourth-order valence-corrected chi connectivity index (χ4v) is 3.11. The minimum absolute atomic E-state index is 0.224. The number of benzene rings is 1. The first-order valence-corrected chi connectivity index (χ1v) is 7.69. The lowest BCUT2D eigenvalue weighted by Crippen LogP contribution is -1.93. The predicted molar refractivity (Wildman–Crippen MR) is 81.7 cm³/mol. The van der Waals surface area contributed by atoms with Gasteiger partial charge < -0.3 is 0 Å². The Morgan fingerprint density at radius 2 is 2.11 bits per heavy atom. The Bertz CT molecular complexity index is 577. The van der Waals surface area contributed by atoms with Crippen LogP contribution >= 0.6 is 38.9 Å². The summed E-state index contributed by atoms with van der Waals surface area (Å²) >= 11 is 10.9. The monoisotopic (exact) mass is 342 g/mol. The van der Waals surface area contributed by atoms with Crippen LogP contribution in [0.4, 0.5) is 0 Å². The number of Topliss-reactive ketones (excluding diaryl/α,β-unsaturated/α-hetero) is 1. The zero-order valence-corrected chi connectivity index (χ0v) is 13.0. The maximum absolute atomic E-state index is 11.8. The Kier molecular flexibility index (Phi) is 4.60. The highest BCUT2D eigenvalue weighted by Gasteiger charge is 2.10. The van der Waals surface area contributed by atoms with E-state index in [9.17, 15) is 4.79 Å². The summed E-state index contributed by atoms with van der Waals surface area (Å²) in [6, 6.07) is 9.69. The Morgan fingerprint density at radius 1 is 1.33 bits per heavy atom. The van der Waals surface area contributed by atoms with E-state index < -0.39 is 0 Å². The average molecular weight is 344 g/mol. The standard InChI is InChI=1S/C14H12BrClOS/c1-2-3-12(17)14-7-6-13(18-14)9-4-5-11(16)10(15)8-9/h4-8H,2-3H2,1H3. The van der Waals surface area contributed by atoms with Gasteiger partial charge in [-0.3, -0.25) is 4.79 Å². The molecule has 0 spiro atoms. The van der Waals surface area contributed by atoms with Crippen molar-refractivity contribution in [2.75, 3.05) is 0 Å². The number of thiophene rings is 1. The van der Waals surface area contributed by atoms with Crippen molar-refractivity contribution in [2.24, 2.45) is 0 Å². The Balaban J connectivity index is 2.29. The Hall–Kier alpha value is -0.640. The van der Waals surface area contributed by atoms with Gasteiger partial charge in [-0.15, -0.1) is 11.3 Å². The number of ketones is 1. The number of hydrogen-bond acceptors (Lipinski definition) is 2. The van der Waals surface area contributed by atoms with Gasteiger partial charge in [0.05, 0.1) is 9.90 Å². The number of rotatable bonds is 4. The second-order valence-corrected chi connectivity index (χ2v) is 6.31. The van der Waals surface area contributed by atoms with E-state index in [1.807, 2.05) is 37.3 Å². The molecule has 94 valence electrons. The van der Waals surface area contributed by atoms with Crippen LogP contribution in [0.25, 0.3) is 10.4 Å². The smallest absolute Gasteiger partial charge is 0.172 e. The van der Waals surface area contributed by atoms with Crippen molar-refractivity contribution in [1.29, 1.82) is 0 Å². The van der Waals surface area contributed by atoms with Gasteiger partial charge in [0.15, 0.2) is 5.78 Å². The Labute approximate surface area is 124 Å². The summed E-state index contributed by atoms with van der Waals surface area (Å²) in [7, 11) is 0. The third-order valence-electron chi connectivity index (χ3n) is 2.56. The highest BCUT2D eigenvalue weighted by molar-refractivity contribution is 9.10. The minimum Gasteiger partial charge on any atom is -0.293 e. The van der Waals surface area contributed by atoms with Crippen molar-refractivity contribution in [3.8, 4) is 10.4 Å². The van der Waals surface area contributed by atoms with Gasteiger partial charge in [0, 0.05) is 15.8 Å². The third-order valence-corrected chi connectivity index (χ3v) is 4.95. The van der Waals surface area contributed by atoms with Crippen LogP contribution in [0.3, 0.4) is 0 Å². The second-order valence-electron chi connectivity index (χ2n) is 3.97. The number of hydrogen-bond donors (Lipinski definition) is 0. The summed E-state index contributed by atoms with van der Waals surface area (Å²) in [5.41, 5.74) is 1.08. The molecule has 0 amide bonds. The lowest BCUT2D eigenvalue weighted by molar-refractivity contribution is 0.0985. The molecule has 0 saturated heterocycles. The SMILES string of the molecule is CCCC(=O)c1ccc(-c2ccc(Cl)c(Br)c2)s1. The highest BCUT2D eigenvalue weighted by Crippen LogP contribution is 2.33. The topological polar surface area (TPSA) is 17.1 Å². The van der Waals surface area contributed by atoms with Crippen molar-refractivity contribution < 1.29 is 4.79 Å². The summed E-state index contributed by atoms with van der Waals surface area (Å²) < 4.78 is 0.872. The van der Waals surface area contributed by atoms with Gasteiger partial charge in [-0.05, 0) is 52.2 Å². The molecule has 0 N–H and O–H groups in total.